The Morgan fingerprint density at radius 1 is 1.03 bits per heavy atom. The van der Waals surface area contributed by atoms with Crippen LogP contribution in [0, 0.1) is 19.8 Å². The summed E-state index contributed by atoms with van der Waals surface area (Å²) in [7, 11) is -2.43. The summed E-state index contributed by atoms with van der Waals surface area (Å²) in [5.74, 6) is -0.403. The molecule has 0 aliphatic carbocycles. The van der Waals surface area contributed by atoms with E-state index in [1.807, 2.05) is 38.1 Å². The summed E-state index contributed by atoms with van der Waals surface area (Å²) >= 11 is 0. The van der Waals surface area contributed by atoms with E-state index in [1.165, 1.54) is 7.11 Å². The second kappa shape index (κ2) is 10.3. The van der Waals surface area contributed by atoms with E-state index in [4.69, 9.17) is 4.74 Å². The molecular formula is C28H32N2O5S. The quantitative estimate of drug-likeness (QED) is 0.381. The largest absolute Gasteiger partial charge is 0.465 e. The minimum absolute atomic E-state index is 0.00901. The third kappa shape index (κ3) is 5.10. The number of hydrogen-bond donors (Lipinski definition) is 3. The molecule has 0 saturated heterocycles. The van der Waals surface area contributed by atoms with Crippen LogP contribution in [0.2, 0.25) is 0 Å². The van der Waals surface area contributed by atoms with Gasteiger partial charge < -0.3 is 15.2 Å². The highest BCUT2D eigenvalue weighted by atomic mass is 32.2. The number of fused-ring (bicyclic) bond motifs is 1. The highest BCUT2D eigenvalue weighted by Gasteiger charge is 2.35. The zero-order valence-corrected chi connectivity index (χ0v) is 21.7. The molecule has 190 valence electrons. The SMILES string of the molecule is COC(=O)c1ccc([C@@H]2Nc3ccc(S(=O)(=O)Nc4ccc(C)c(C)c4)cc3[C@@H](C)[C@H]2CCO)cc1. The van der Waals surface area contributed by atoms with E-state index < -0.39 is 16.0 Å². The Morgan fingerprint density at radius 3 is 2.39 bits per heavy atom. The van der Waals surface area contributed by atoms with E-state index in [0.717, 1.165) is 27.9 Å². The monoisotopic (exact) mass is 508 g/mol. The fourth-order valence-electron chi connectivity index (χ4n) is 4.87. The molecule has 0 amide bonds. The standard InChI is InChI=1S/C28H32N2O5S/c1-17-5-10-22(15-18(17)2)30-36(33,34)23-11-12-26-25(16-23)19(3)24(13-14-31)27(29-26)20-6-8-21(9-7-20)28(32)35-4/h5-12,15-16,19,24,27,29-31H,13-14H2,1-4H3/t19-,24+,27-/m0/s1. The van der Waals surface area contributed by atoms with Crippen LogP contribution in [0.3, 0.4) is 0 Å². The summed E-state index contributed by atoms with van der Waals surface area (Å²) in [4.78, 5) is 12.0. The number of rotatable bonds is 7. The third-order valence-corrected chi connectivity index (χ3v) is 8.50. The number of benzene rings is 3. The number of sulfonamides is 1. The van der Waals surface area contributed by atoms with Gasteiger partial charge in [0.1, 0.15) is 0 Å². The van der Waals surface area contributed by atoms with Crippen molar-refractivity contribution in [1.29, 1.82) is 0 Å². The van der Waals surface area contributed by atoms with Gasteiger partial charge in [-0.1, -0.05) is 25.1 Å². The number of aliphatic hydroxyl groups excluding tert-OH is 1. The molecule has 1 aliphatic rings. The van der Waals surface area contributed by atoms with Crippen LogP contribution in [0.5, 0.6) is 0 Å². The molecule has 36 heavy (non-hydrogen) atoms. The first-order valence-electron chi connectivity index (χ1n) is 11.9. The molecule has 3 aromatic carbocycles. The lowest BCUT2D eigenvalue weighted by atomic mass is 9.74. The first-order chi connectivity index (χ1) is 17.1. The lowest BCUT2D eigenvalue weighted by Crippen LogP contribution is -2.31. The summed E-state index contributed by atoms with van der Waals surface area (Å²) < 4.78 is 33.9. The van der Waals surface area contributed by atoms with Gasteiger partial charge in [0.15, 0.2) is 0 Å². The van der Waals surface area contributed by atoms with Gasteiger partial charge in [-0.25, -0.2) is 13.2 Å². The van der Waals surface area contributed by atoms with Gasteiger partial charge in [0.2, 0.25) is 0 Å². The summed E-state index contributed by atoms with van der Waals surface area (Å²) in [6.45, 7) is 5.99. The average Bonchev–Trinajstić information content (AvgIpc) is 2.87. The molecule has 0 bridgehead atoms. The number of esters is 1. The van der Waals surface area contributed by atoms with Gasteiger partial charge in [0, 0.05) is 18.0 Å². The molecule has 0 radical (unpaired) electrons. The zero-order chi connectivity index (χ0) is 26.0. The first-order valence-corrected chi connectivity index (χ1v) is 13.4. The number of anilines is 2. The molecule has 0 spiro atoms. The van der Waals surface area contributed by atoms with Gasteiger partial charge in [-0.3, -0.25) is 4.72 Å². The molecule has 1 heterocycles. The number of ether oxygens (including phenoxy) is 1. The second-order valence-electron chi connectivity index (χ2n) is 9.35. The Morgan fingerprint density at radius 2 is 1.75 bits per heavy atom. The fraction of sp³-hybridized carbons (Fsp3) is 0.321. The molecule has 4 rings (SSSR count). The predicted molar refractivity (Wildman–Crippen MR) is 141 cm³/mol. The van der Waals surface area contributed by atoms with E-state index in [9.17, 15) is 18.3 Å². The Hall–Kier alpha value is -3.36. The van der Waals surface area contributed by atoms with Gasteiger partial charge in [-0.2, -0.15) is 0 Å². The number of hydrogen-bond acceptors (Lipinski definition) is 6. The maximum absolute atomic E-state index is 13.2. The number of nitrogens with one attached hydrogen (secondary N) is 2. The van der Waals surface area contributed by atoms with Crippen molar-refractivity contribution in [2.75, 3.05) is 23.8 Å². The molecule has 3 atom stereocenters. The number of aryl methyl sites for hydroxylation is 2. The van der Waals surface area contributed by atoms with Crippen molar-refractivity contribution in [2.24, 2.45) is 5.92 Å². The molecular weight excluding hydrogens is 476 g/mol. The van der Waals surface area contributed by atoms with Crippen molar-refractivity contribution in [3.63, 3.8) is 0 Å². The average molecular weight is 509 g/mol. The molecule has 0 fully saturated rings. The zero-order valence-electron chi connectivity index (χ0n) is 20.9. The van der Waals surface area contributed by atoms with E-state index in [2.05, 4.69) is 17.0 Å². The lowest BCUT2D eigenvalue weighted by molar-refractivity contribution is 0.0600. The Bertz CT molecular complexity index is 1370. The van der Waals surface area contributed by atoms with Crippen molar-refractivity contribution in [3.8, 4) is 0 Å². The molecule has 0 unspecified atom stereocenters. The van der Waals surface area contributed by atoms with Gasteiger partial charge in [-0.05, 0) is 96.8 Å². The number of carbonyl (C=O) groups is 1. The van der Waals surface area contributed by atoms with E-state index in [1.54, 1.807) is 36.4 Å². The molecule has 7 nitrogen and oxygen atoms in total. The van der Waals surface area contributed by atoms with Crippen LogP contribution < -0.4 is 10.0 Å². The summed E-state index contributed by atoms with van der Waals surface area (Å²) in [5.41, 5.74) is 5.81. The Kier molecular flexibility index (Phi) is 7.38. The minimum Gasteiger partial charge on any atom is -0.465 e. The molecule has 1 aliphatic heterocycles. The number of carbonyl (C=O) groups excluding carboxylic acids is 1. The molecule has 8 heteroatoms. The number of methoxy groups -OCH3 is 1. The lowest BCUT2D eigenvalue weighted by Gasteiger charge is -2.40. The van der Waals surface area contributed by atoms with Gasteiger partial charge in [0.25, 0.3) is 10.0 Å². The summed E-state index contributed by atoms with van der Waals surface area (Å²) in [6.07, 6.45) is 0.537. The van der Waals surface area contributed by atoms with Crippen molar-refractivity contribution < 1.29 is 23.1 Å². The minimum atomic E-state index is -3.78. The highest BCUT2D eigenvalue weighted by Crippen LogP contribution is 2.46. The summed E-state index contributed by atoms with van der Waals surface area (Å²) in [6, 6.07) is 17.7. The van der Waals surface area contributed by atoms with Crippen LogP contribution in [0.1, 0.15) is 57.9 Å². The highest BCUT2D eigenvalue weighted by molar-refractivity contribution is 7.92. The van der Waals surface area contributed by atoms with Gasteiger partial charge in [0.05, 0.1) is 23.6 Å². The van der Waals surface area contributed by atoms with Crippen LogP contribution >= 0.6 is 0 Å². The Balaban J connectivity index is 1.65. The molecule has 0 aromatic heterocycles. The van der Waals surface area contributed by atoms with Gasteiger partial charge >= 0.3 is 5.97 Å². The summed E-state index contributed by atoms with van der Waals surface area (Å²) in [5, 5.41) is 13.3. The van der Waals surface area contributed by atoms with Crippen molar-refractivity contribution in [2.45, 2.75) is 44.0 Å². The van der Waals surface area contributed by atoms with Crippen LogP contribution in [0.25, 0.3) is 0 Å². The maximum atomic E-state index is 13.2. The van der Waals surface area contributed by atoms with Gasteiger partial charge in [-0.15, -0.1) is 0 Å². The fourth-order valence-corrected chi connectivity index (χ4v) is 5.95. The normalized spacial score (nSPS) is 19.2. The van der Waals surface area contributed by atoms with Crippen LogP contribution in [-0.4, -0.2) is 33.2 Å². The van der Waals surface area contributed by atoms with Crippen LogP contribution in [0.4, 0.5) is 11.4 Å². The van der Waals surface area contributed by atoms with Crippen molar-refractivity contribution in [1.82, 2.24) is 0 Å². The molecule has 0 saturated carbocycles. The van der Waals surface area contributed by atoms with Crippen LogP contribution in [-0.2, 0) is 14.8 Å². The first kappa shape index (κ1) is 25.7. The van der Waals surface area contributed by atoms with Crippen LogP contribution in [0.15, 0.2) is 65.6 Å². The Labute approximate surface area is 212 Å². The van der Waals surface area contributed by atoms with E-state index in [0.29, 0.717) is 17.7 Å². The van der Waals surface area contributed by atoms with Crippen molar-refractivity contribution >= 4 is 27.4 Å². The number of aliphatic hydroxyl groups is 1. The van der Waals surface area contributed by atoms with E-state index in [-0.39, 0.29) is 29.4 Å². The van der Waals surface area contributed by atoms with E-state index >= 15 is 0 Å². The maximum Gasteiger partial charge on any atom is 0.337 e. The molecule has 3 aromatic rings. The molecule has 3 N–H and O–H groups in total. The van der Waals surface area contributed by atoms with Crippen molar-refractivity contribution in [3.05, 3.63) is 88.5 Å². The second-order valence-corrected chi connectivity index (χ2v) is 11.0. The topological polar surface area (TPSA) is 105 Å². The third-order valence-electron chi connectivity index (χ3n) is 7.12. The predicted octanol–water partition coefficient (Wildman–Crippen LogP) is 5.16. The smallest absolute Gasteiger partial charge is 0.337 e.